The molecule has 0 aliphatic rings. The highest BCUT2D eigenvalue weighted by Crippen LogP contribution is 2.29. The topological polar surface area (TPSA) is 73.6 Å². The van der Waals surface area contributed by atoms with Crippen molar-refractivity contribution in [1.29, 1.82) is 0 Å². The maximum Gasteiger partial charge on any atom is 0.258 e. The summed E-state index contributed by atoms with van der Waals surface area (Å²) in [6.45, 7) is 0. The van der Waals surface area contributed by atoms with Crippen LogP contribution in [0.25, 0.3) is 10.6 Å². The van der Waals surface area contributed by atoms with E-state index in [1.54, 1.807) is 35.6 Å². The Morgan fingerprint density at radius 2 is 2.00 bits per heavy atom. The van der Waals surface area contributed by atoms with Crippen LogP contribution in [0.1, 0.15) is 10.4 Å². The summed E-state index contributed by atoms with van der Waals surface area (Å²) < 4.78 is 15.5. The van der Waals surface area contributed by atoms with Crippen molar-refractivity contribution in [2.45, 2.75) is 0 Å². The average Bonchev–Trinajstić information content (AvgIpc) is 3.25. The van der Waals surface area contributed by atoms with Gasteiger partial charge in [-0.3, -0.25) is 10.1 Å². The molecule has 118 valence electrons. The van der Waals surface area contributed by atoms with Gasteiger partial charge in [0.15, 0.2) is 11.5 Å². The van der Waals surface area contributed by atoms with Gasteiger partial charge >= 0.3 is 0 Å². The first kappa shape index (κ1) is 15.1. The van der Waals surface area contributed by atoms with E-state index in [9.17, 15) is 4.79 Å². The Hall–Kier alpha value is -2.80. The molecule has 6 nitrogen and oxygen atoms in total. The molecule has 0 saturated carbocycles. The van der Waals surface area contributed by atoms with Crippen molar-refractivity contribution in [2.24, 2.45) is 0 Å². The van der Waals surface area contributed by atoms with Gasteiger partial charge in [0, 0.05) is 11.6 Å². The maximum atomic E-state index is 12.3. The van der Waals surface area contributed by atoms with Crippen molar-refractivity contribution in [3.8, 4) is 22.1 Å². The number of carbonyl (C=O) groups is 1. The van der Waals surface area contributed by atoms with Crippen LogP contribution in [0.2, 0.25) is 0 Å². The lowest BCUT2D eigenvalue weighted by atomic mass is 10.2. The lowest BCUT2D eigenvalue weighted by Gasteiger charge is -2.08. The largest absolute Gasteiger partial charge is 0.493 e. The summed E-state index contributed by atoms with van der Waals surface area (Å²) in [6.07, 6.45) is 0. The van der Waals surface area contributed by atoms with Gasteiger partial charge in [-0.1, -0.05) is 11.2 Å². The van der Waals surface area contributed by atoms with Crippen LogP contribution in [0.5, 0.6) is 11.5 Å². The zero-order valence-electron chi connectivity index (χ0n) is 12.5. The fourth-order valence-electron chi connectivity index (χ4n) is 2.04. The minimum absolute atomic E-state index is 0.285. The van der Waals surface area contributed by atoms with E-state index < -0.39 is 0 Å². The lowest BCUT2D eigenvalue weighted by molar-refractivity contribution is 0.102. The molecule has 2 aromatic heterocycles. The first-order chi connectivity index (χ1) is 11.2. The van der Waals surface area contributed by atoms with Gasteiger partial charge in [0.2, 0.25) is 5.88 Å². The normalized spacial score (nSPS) is 10.3. The summed E-state index contributed by atoms with van der Waals surface area (Å²) in [4.78, 5) is 13.3. The number of methoxy groups -OCH3 is 2. The highest BCUT2D eigenvalue weighted by molar-refractivity contribution is 7.13. The van der Waals surface area contributed by atoms with Gasteiger partial charge in [-0.15, -0.1) is 11.3 Å². The molecule has 1 aromatic carbocycles. The van der Waals surface area contributed by atoms with E-state index >= 15 is 0 Å². The molecule has 0 atom stereocenters. The first-order valence-electron chi connectivity index (χ1n) is 6.75. The predicted octanol–water partition coefficient (Wildman–Crippen LogP) is 3.67. The van der Waals surface area contributed by atoms with Crippen LogP contribution < -0.4 is 14.8 Å². The number of anilines is 1. The van der Waals surface area contributed by atoms with Crippen molar-refractivity contribution in [1.82, 2.24) is 5.16 Å². The fraction of sp³-hybridized carbons (Fsp3) is 0.125. The van der Waals surface area contributed by atoms with Gasteiger partial charge in [0.05, 0.1) is 19.1 Å². The number of carbonyl (C=O) groups excluding carboxylic acids is 1. The third-order valence-electron chi connectivity index (χ3n) is 3.17. The maximum absolute atomic E-state index is 12.3. The van der Waals surface area contributed by atoms with Crippen LogP contribution >= 0.6 is 11.3 Å². The molecule has 0 bridgehead atoms. The first-order valence-corrected chi connectivity index (χ1v) is 7.63. The quantitative estimate of drug-likeness (QED) is 0.772. The second-order valence-electron chi connectivity index (χ2n) is 4.58. The number of nitrogens with one attached hydrogen (secondary N) is 1. The number of aromatic nitrogens is 1. The Kier molecular flexibility index (Phi) is 4.29. The molecule has 0 aliphatic heterocycles. The Balaban J connectivity index is 1.77. The van der Waals surface area contributed by atoms with Gasteiger partial charge in [-0.25, -0.2) is 0 Å². The van der Waals surface area contributed by atoms with Gasteiger partial charge in [0.1, 0.15) is 5.69 Å². The van der Waals surface area contributed by atoms with E-state index in [1.165, 1.54) is 14.2 Å². The van der Waals surface area contributed by atoms with Gasteiger partial charge < -0.3 is 14.0 Å². The summed E-state index contributed by atoms with van der Waals surface area (Å²) in [5, 5.41) is 8.56. The van der Waals surface area contributed by atoms with Crippen LogP contribution in [0.15, 0.2) is 46.3 Å². The molecule has 3 aromatic rings. The summed E-state index contributed by atoms with van der Waals surface area (Å²) in [7, 11) is 3.06. The summed E-state index contributed by atoms with van der Waals surface area (Å²) in [5.41, 5.74) is 1.11. The molecule has 1 amide bonds. The molecule has 0 spiro atoms. The van der Waals surface area contributed by atoms with Crippen molar-refractivity contribution in [3.05, 3.63) is 47.3 Å². The molecule has 0 aliphatic carbocycles. The highest BCUT2D eigenvalue weighted by Gasteiger charge is 2.14. The van der Waals surface area contributed by atoms with Gasteiger partial charge in [-0.2, -0.15) is 0 Å². The Bertz CT molecular complexity index is 811. The lowest BCUT2D eigenvalue weighted by Crippen LogP contribution is -2.11. The molecular weight excluding hydrogens is 316 g/mol. The molecule has 7 heteroatoms. The third-order valence-corrected chi connectivity index (χ3v) is 4.06. The average molecular weight is 330 g/mol. The number of amides is 1. The number of thiophene rings is 1. The van der Waals surface area contributed by atoms with E-state index in [1.807, 2.05) is 17.5 Å². The summed E-state index contributed by atoms with van der Waals surface area (Å²) >= 11 is 1.55. The highest BCUT2D eigenvalue weighted by atomic mass is 32.1. The minimum atomic E-state index is -0.320. The van der Waals surface area contributed by atoms with Crippen LogP contribution in [-0.4, -0.2) is 25.3 Å². The van der Waals surface area contributed by atoms with E-state index in [0.717, 1.165) is 4.88 Å². The molecule has 3 rings (SSSR count). The fourth-order valence-corrected chi connectivity index (χ4v) is 2.71. The SMILES string of the molecule is COc1ccc(C(=O)Nc2cc(-c3cccs3)no2)cc1OC. The number of rotatable bonds is 5. The Labute approximate surface area is 136 Å². The second kappa shape index (κ2) is 6.53. The molecule has 23 heavy (non-hydrogen) atoms. The number of hydrogen-bond acceptors (Lipinski definition) is 6. The van der Waals surface area contributed by atoms with Crippen LogP contribution in [0, 0.1) is 0 Å². The van der Waals surface area contributed by atoms with Crippen LogP contribution in [-0.2, 0) is 0 Å². The molecule has 2 heterocycles. The summed E-state index contributed by atoms with van der Waals surface area (Å²) in [6, 6.07) is 10.5. The second-order valence-corrected chi connectivity index (χ2v) is 5.53. The predicted molar refractivity (Wildman–Crippen MR) is 87.3 cm³/mol. The molecule has 0 radical (unpaired) electrons. The third kappa shape index (κ3) is 3.19. The number of ether oxygens (including phenoxy) is 2. The Morgan fingerprint density at radius 1 is 1.17 bits per heavy atom. The number of nitrogens with zero attached hydrogens (tertiary/aromatic N) is 1. The van der Waals surface area contributed by atoms with Gasteiger partial charge in [-0.05, 0) is 29.6 Å². The number of benzene rings is 1. The molecule has 0 unspecified atom stereocenters. The zero-order valence-corrected chi connectivity index (χ0v) is 13.3. The van der Waals surface area contributed by atoms with Gasteiger partial charge in [0.25, 0.3) is 5.91 Å². The van der Waals surface area contributed by atoms with Crippen molar-refractivity contribution in [3.63, 3.8) is 0 Å². The molecule has 0 fully saturated rings. The smallest absolute Gasteiger partial charge is 0.258 e. The van der Waals surface area contributed by atoms with Crippen molar-refractivity contribution in [2.75, 3.05) is 19.5 Å². The molecule has 0 saturated heterocycles. The van der Waals surface area contributed by atoms with Crippen molar-refractivity contribution < 1.29 is 18.8 Å². The standard InChI is InChI=1S/C16H14N2O4S/c1-20-12-6-5-10(8-13(12)21-2)16(19)17-15-9-11(18-22-15)14-4-3-7-23-14/h3-9H,1-2H3,(H,17,19). The molecule has 1 N–H and O–H groups in total. The van der Waals surface area contributed by atoms with Crippen LogP contribution in [0.3, 0.4) is 0 Å². The molecular formula is C16H14N2O4S. The van der Waals surface area contributed by atoms with E-state index in [0.29, 0.717) is 22.8 Å². The van der Waals surface area contributed by atoms with Crippen LogP contribution in [0.4, 0.5) is 5.88 Å². The zero-order chi connectivity index (χ0) is 16.2. The minimum Gasteiger partial charge on any atom is -0.493 e. The number of hydrogen-bond donors (Lipinski definition) is 1. The monoisotopic (exact) mass is 330 g/mol. The van der Waals surface area contributed by atoms with E-state index in [2.05, 4.69) is 10.5 Å². The van der Waals surface area contributed by atoms with E-state index in [4.69, 9.17) is 14.0 Å². The van der Waals surface area contributed by atoms with E-state index in [-0.39, 0.29) is 11.8 Å². The van der Waals surface area contributed by atoms with Crippen molar-refractivity contribution >= 4 is 23.1 Å². The summed E-state index contributed by atoms with van der Waals surface area (Å²) in [5.74, 6) is 1.01. The Morgan fingerprint density at radius 3 is 2.70 bits per heavy atom.